The molecule has 0 saturated carbocycles. The first kappa shape index (κ1) is 20.7. The summed E-state index contributed by atoms with van der Waals surface area (Å²) >= 11 is 0. The maximum Gasteiger partial charge on any atom is 0.341 e. The van der Waals surface area contributed by atoms with Gasteiger partial charge in [0.25, 0.3) is 0 Å². The minimum absolute atomic E-state index is 0.312. The normalized spacial score (nSPS) is 10.1. The van der Waals surface area contributed by atoms with Crippen LogP contribution in [0, 0.1) is 0 Å². The average Bonchev–Trinajstić information content (AvgIpc) is 2.76. The van der Waals surface area contributed by atoms with Gasteiger partial charge in [-0.3, -0.25) is 0 Å². The number of aliphatic carboxylic acids is 2. The van der Waals surface area contributed by atoms with Crippen LogP contribution in [0.15, 0.2) is 84.9 Å². The van der Waals surface area contributed by atoms with E-state index >= 15 is 0 Å². The SMILES string of the molecule is O=C(O)COc1cccc2ccccc12.O=C(O)COc1cccc2ccccc12. The molecule has 0 heterocycles. The van der Waals surface area contributed by atoms with E-state index in [0.717, 1.165) is 21.5 Å². The van der Waals surface area contributed by atoms with Crippen LogP contribution in [-0.2, 0) is 9.59 Å². The van der Waals surface area contributed by atoms with Crippen molar-refractivity contribution in [2.75, 3.05) is 13.2 Å². The Balaban J connectivity index is 0.000000171. The molecule has 0 spiro atoms. The Morgan fingerprint density at radius 2 is 0.933 bits per heavy atom. The molecule has 0 aromatic heterocycles. The third kappa shape index (κ3) is 5.48. The van der Waals surface area contributed by atoms with Crippen molar-refractivity contribution in [2.45, 2.75) is 0 Å². The third-order valence-corrected chi connectivity index (χ3v) is 4.20. The molecule has 0 atom stereocenters. The highest BCUT2D eigenvalue weighted by Gasteiger charge is 2.04. The maximum absolute atomic E-state index is 10.4. The number of ether oxygens (including phenoxy) is 2. The van der Waals surface area contributed by atoms with Crippen LogP contribution in [0.5, 0.6) is 11.5 Å². The van der Waals surface area contributed by atoms with E-state index in [4.69, 9.17) is 19.7 Å². The monoisotopic (exact) mass is 404 g/mol. The zero-order valence-corrected chi connectivity index (χ0v) is 16.0. The molecule has 0 unspecified atom stereocenters. The molecule has 2 N–H and O–H groups in total. The van der Waals surface area contributed by atoms with Gasteiger partial charge in [0.2, 0.25) is 0 Å². The largest absolute Gasteiger partial charge is 0.481 e. The van der Waals surface area contributed by atoms with Crippen LogP contribution in [-0.4, -0.2) is 35.4 Å². The van der Waals surface area contributed by atoms with E-state index in [9.17, 15) is 9.59 Å². The van der Waals surface area contributed by atoms with Gasteiger partial charge >= 0.3 is 11.9 Å². The van der Waals surface area contributed by atoms with Gasteiger partial charge in [-0.25, -0.2) is 9.59 Å². The molecular formula is C24H20O6. The molecule has 30 heavy (non-hydrogen) atoms. The fourth-order valence-electron chi connectivity index (χ4n) is 2.92. The number of carboxylic acids is 2. The molecule has 0 radical (unpaired) electrons. The molecule has 0 aliphatic carbocycles. The Hall–Kier alpha value is -4.06. The van der Waals surface area contributed by atoms with Crippen LogP contribution in [0.4, 0.5) is 0 Å². The Bertz CT molecular complexity index is 1060. The van der Waals surface area contributed by atoms with Gasteiger partial charge in [-0.05, 0) is 22.9 Å². The van der Waals surface area contributed by atoms with E-state index in [1.807, 2.05) is 72.8 Å². The lowest BCUT2D eigenvalue weighted by Gasteiger charge is -2.06. The second-order valence-corrected chi connectivity index (χ2v) is 6.32. The van der Waals surface area contributed by atoms with Crippen molar-refractivity contribution in [3.63, 3.8) is 0 Å². The number of fused-ring (bicyclic) bond motifs is 2. The summed E-state index contributed by atoms with van der Waals surface area (Å²) in [4.78, 5) is 20.8. The van der Waals surface area contributed by atoms with Gasteiger partial charge in [0.1, 0.15) is 11.5 Å². The number of rotatable bonds is 6. The van der Waals surface area contributed by atoms with E-state index in [0.29, 0.717) is 11.5 Å². The molecule has 4 rings (SSSR count). The van der Waals surface area contributed by atoms with Gasteiger partial charge in [0.15, 0.2) is 13.2 Å². The Morgan fingerprint density at radius 3 is 1.33 bits per heavy atom. The molecule has 0 aliphatic rings. The highest BCUT2D eigenvalue weighted by Crippen LogP contribution is 2.25. The zero-order chi connectivity index (χ0) is 21.3. The van der Waals surface area contributed by atoms with Crippen molar-refractivity contribution in [3.05, 3.63) is 84.9 Å². The molecule has 0 amide bonds. The molecule has 4 aromatic carbocycles. The lowest BCUT2D eigenvalue weighted by molar-refractivity contribution is -0.140. The minimum atomic E-state index is -0.970. The van der Waals surface area contributed by atoms with Crippen molar-refractivity contribution < 1.29 is 29.3 Å². The van der Waals surface area contributed by atoms with Gasteiger partial charge in [-0.2, -0.15) is 0 Å². The van der Waals surface area contributed by atoms with E-state index in [-0.39, 0.29) is 13.2 Å². The van der Waals surface area contributed by atoms with Crippen molar-refractivity contribution in [2.24, 2.45) is 0 Å². The van der Waals surface area contributed by atoms with E-state index in [2.05, 4.69) is 0 Å². The average molecular weight is 404 g/mol. The summed E-state index contributed by atoms with van der Waals surface area (Å²) in [5.41, 5.74) is 0. The molecule has 152 valence electrons. The second kappa shape index (κ2) is 9.93. The first-order chi connectivity index (χ1) is 14.5. The predicted octanol–water partition coefficient (Wildman–Crippen LogP) is 4.61. The molecule has 0 fully saturated rings. The van der Waals surface area contributed by atoms with E-state index in [1.54, 1.807) is 12.1 Å². The molecule has 0 saturated heterocycles. The smallest absolute Gasteiger partial charge is 0.341 e. The van der Waals surface area contributed by atoms with Gasteiger partial charge in [-0.15, -0.1) is 0 Å². The first-order valence-electron chi connectivity index (χ1n) is 9.19. The standard InChI is InChI=1S/2C12H10O3/c2*13-12(14)8-15-11-7-3-5-9-4-1-2-6-10(9)11/h2*1-7H,8H2,(H,13,14). The topological polar surface area (TPSA) is 93.1 Å². The lowest BCUT2D eigenvalue weighted by Crippen LogP contribution is -2.09. The maximum atomic E-state index is 10.4. The van der Waals surface area contributed by atoms with Gasteiger partial charge < -0.3 is 19.7 Å². The first-order valence-corrected chi connectivity index (χ1v) is 9.19. The van der Waals surface area contributed by atoms with Crippen LogP contribution < -0.4 is 9.47 Å². The number of hydrogen-bond acceptors (Lipinski definition) is 4. The quantitative estimate of drug-likeness (QED) is 0.488. The van der Waals surface area contributed by atoms with E-state index < -0.39 is 11.9 Å². The summed E-state index contributed by atoms with van der Waals surface area (Å²) < 4.78 is 10.4. The summed E-state index contributed by atoms with van der Waals surface area (Å²) in [5.74, 6) is -0.725. The number of carboxylic acid groups (broad SMARTS) is 2. The lowest BCUT2D eigenvalue weighted by atomic mass is 10.1. The Kier molecular flexibility index (Phi) is 6.84. The van der Waals surface area contributed by atoms with Gasteiger partial charge in [0.05, 0.1) is 0 Å². The van der Waals surface area contributed by atoms with Crippen molar-refractivity contribution in [3.8, 4) is 11.5 Å². The van der Waals surface area contributed by atoms with Gasteiger partial charge in [0, 0.05) is 10.8 Å². The number of hydrogen-bond donors (Lipinski definition) is 2. The van der Waals surface area contributed by atoms with E-state index in [1.165, 1.54) is 0 Å². The summed E-state index contributed by atoms with van der Waals surface area (Å²) in [6, 6.07) is 26.6. The van der Waals surface area contributed by atoms with Crippen molar-refractivity contribution in [1.29, 1.82) is 0 Å². The third-order valence-electron chi connectivity index (χ3n) is 4.20. The fourth-order valence-corrected chi connectivity index (χ4v) is 2.92. The second-order valence-electron chi connectivity index (χ2n) is 6.32. The van der Waals surface area contributed by atoms with Gasteiger partial charge in [-0.1, -0.05) is 72.8 Å². The minimum Gasteiger partial charge on any atom is -0.481 e. The summed E-state index contributed by atoms with van der Waals surface area (Å²) in [7, 11) is 0. The van der Waals surface area contributed by atoms with Crippen molar-refractivity contribution >= 4 is 33.5 Å². The van der Waals surface area contributed by atoms with Crippen LogP contribution in [0.1, 0.15) is 0 Å². The molecule has 4 aromatic rings. The molecule has 6 heteroatoms. The molecule has 0 aliphatic heterocycles. The van der Waals surface area contributed by atoms with Crippen LogP contribution in [0.25, 0.3) is 21.5 Å². The highest BCUT2D eigenvalue weighted by atomic mass is 16.5. The molecule has 0 bridgehead atoms. The predicted molar refractivity (Wildman–Crippen MR) is 114 cm³/mol. The Labute approximate surface area is 172 Å². The summed E-state index contributed by atoms with van der Waals surface area (Å²) in [6.45, 7) is -0.623. The van der Waals surface area contributed by atoms with Crippen LogP contribution in [0.3, 0.4) is 0 Å². The van der Waals surface area contributed by atoms with Crippen molar-refractivity contribution in [1.82, 2.24) is 0 Å². The summed E-state index contributed by atoms with van der Waals surface area (Å²) in [5, 5.41) is 21.0. The summed E-state index contributed by atoms with van der Waals surface area (Å²) in [6.07, 6.45) is 0. The fraction of sp³-hybridized carbons (Fsp3) is 0.0833. The number of carbonyl (C=O) groups is 2. The Morgan fingerprint density at radius 1 is 0.567 bits per heavy atom. The molecular weight excluding hydrogens is 384 g/mol. The van der Waals surface area contributed by atoms with Crippen LogP contribution in [0.2, 0.25) is 0 Å². The molecule has 6 nitrogen and oxygen atoms in total. The van der Waals surface area contributed by atoms with Crippen LogP contribution >= 0.6 is 0 Å². The zero-order valence-electron chi connectivity index (χ0n) is 16.0. The number of benzene rings is 4. The highest BCUT2D eigenvalue weighted by molar-refractivity contribution is 5.89.